The van der Waals surface area contributed by atoms with Crippen molar-refractivity contribution in [3.05, 3.63) is 96.2 Å². The summed E-state index contributed by atoms with van der Waals surface area (Å²) in [6.45, 7) is 0.384. The Hall–Kier alpha value is -3.86. The minimum absolute atomic E-state index is 0.384. The molecule has 0 fully saturated rings. The third-order valence-corrected chi connectivity index (χ3v) is 4.46. The number of hydrogen-bond acceptors (Lipinski definition) is 5. The highest BCUT2D eigenvalue weighted by Gasteiger charge is 2.06. The highest BCUT2D eigenvalue weighted by atomic mass is 16.5. The molecule has 0 bridgehead atoms. The first kappa shape index (κ1) is 18.5. The van der Waals surface area contributed by atoms with E-state index >= 15 is 0 Å². The smallest absolute Gasteiger partial charge is 0.125 e. The van der Waals surface area contributed by atoms with Gasteiger partial charge in [0.15, 0.2) is 0 Å². The Kier molecular flexibility index (Phi) is 5.67. The number of nitrogens with one attached hydrogen (secondary N) is 1. The van der Waals surface area contributed by atoms with Gasteiger partial charge in [-0.2, -0.15) is 5.10 Å². The molecule has 0 aliphatic carbocycles. The number of benzene rings is 3. The zero-order valence-electron chi connectivity index (χ0n) is 16.1. The van der Waals surface area contributed by atoms with Gasteiger partial charge in [-0.3, -0.25) is 10.4 Å². The van der Waals surface area contributed by atoms with E-state index in [9.17, 15) is 0 Å². The van der Waals surface area contributed by atoms with Crippen molar-refractivity contribution >= 4 is 22.8 Å². The van der Waals surface area contributed by atoms with Crippen LogP contribution in [0.25, 0.3) is 10.9 Å². The third-order valence-electron chi connectivity index (χ3n) is 4.46. The minimum Gasteiger partial charge on any atom is -0.496 e. The molecule has 5 nitrogen and oxygen atoms in total. The number of hydrogen-bond donors (Lipinski definition) is 1. The topological polar surface area (TPSA) is 55.7 Å². The van der Waals surface area contributed by atoms with E-state index in [0.29, 0.717) is 6.61 Å². The second kappa shape index (κ2) is 8.89. The molecular formula is C24H21N3O2. The van der Waals surface area contributed by atoms with E-state index in [1.54, 1.807) is 19.5 Å². The lowest BCUT2D eigenvalue weighted by Gasteiger charge is -2.11. The van der Waals surface area contributed by atoms with E-state index in [4.69, 9.17) is 9.47 Å². The normalized spacial score (nSPS) is 10.9. The van der Waals surface area contributed by atoms with Gasteiger partial charge < -0.3 is 9.47 Å². The zero-order chi connectivity index (χ0) is 19.9. The summed E-state index contributed by atoms with van der Waals surface area (Å²) in [5, 5.41) is 5.38. The van der Waals surface area contributed by atoms with Crippen LogP contribution in [0.1, 0.15) is 11.1 Å². The molecule has 1 aromatic heterocycles. The maximum Gasteiger partial charge on any atom is 0.125 e. The quantitative estimate of drug-likeness (QED) is 0.349. The lowest BCUT2D eigenvalue weighted by atomic mass is 10.1. The van der Waals surface area contributed by atoms with Crippen LogP contribution in [0.3, 0.4) is 0 Å². The number of para-hydroxylation sites is 1. The van der Waals surface area contributed by atoms with E-state index < -0.39 is 0 Å². The van der Waals surface area contributed by atoms with E-state index in [0.717, 1.165) is 39.2 Å². The van der Waals surface area contributed by atoms with Crippen LogP contribution in [-0.2, 0) is 6.61 Å². The summed E-state index contributed by atoms with van der Waals surface area (Å²) in [6, 6.07) is 25.6. The minimum atomic E-state index is 0.384. The van der Waals surface area contributed by atoms with Crippen LogP contribution >= 0.6 is 0 Å². The van der Waals surface area contributed by atoms with E-state index in [2.05, 4.69) is 15.5 Å². The van der Waals surface area contributed by atoms with Gasteiger partial charge in [0.2, 0.25) is 0 Å². The predicted molar refractivity (Wildman–Crippen MR) is 117 cm³/mol. The van der Waals surface area contributed by atoms with Crippen LogP contribution in [0, 0.1) is 0 Å². The maximum atomic E-state index is 5.99. The average Bonchev–Trinajstić information content (AvgIpc) is 2.78. The number of nitrogens with zero attached hydrogens (tertiary/aromatic N) is 2. The third kappa shape index (κ3) is 4.71. The molecule has 144 valence electrons. The summed E-state index contributed by atoms with van der Waals surface area (Å²) in [4.78, 5) is 4.37. The van der Waals surface area contributed by atoms with Crippen LogP contribution in [0.15, 0.2) is 90.2 Å². The van der Waals surface area contributed by atoms with Gasteiger partial charge in [-0.15, -0.1) is 0 Å². The summed E-state index contributed by atoms with van der Waals surface area (Å²) in [7, 11) is 1.66. The van der Waals surface area contributed by atoms with Crippen molar-refractivity contribution in [2.75, 3.05) is 12.5 Å². The van der Waals surface area contributed by atoms with Crippen molar-refractivity contribution in [3.63, 3.8) is 0 Å². The molecule has 0 aliphatic rings. The number of aromatic nitrogens is 1. The maximum absolute atomic E-state index is 5.99. The summed E-state index contributed by atoms with van der Waals surface area (Å²) < 4.78 is 11.5. The first-order valence-corrected chi connectivity index (χ1v) is 9.30. The number of pyridine rings is 1. The Morgan fingerprint density at radius 3 is 2.72 bits per heavy atom. The molecule has 4 aromatic rings. The van der Waals surface area contributed by atoms with E-state index in [1.165, 1.54) is 0 Å². The Morgan fingerprint density at radius 2 is 1.86 bits per heavy atom. The standard InChI is InChI=1S/C24H21N3O2/c1-28-24-12-9-18(16-26-27-21-7-3-2-4-8-21)14-20(24)17-29-22-11-10-19-6-5-13-25-23(19)15-22/h2-16,27H,17H2,1H3. The molecular weight excluding hydrogens is 362 g/mol. The molecule has 3 aromatic carbocycles. The van der Waals surface area contributed by atoms with Crippen molar-refractivity contribution in [2.24, 2.45) is 5.10 Å². The van der Waals surface area contributed by atoms with E-state index in [1.807, 2.05) is 78.9 Å². The predicted octanol–water partition coefficient (Wildman–Crippen LogP) is 5.27. The van der Waals surface area contributed by atoms with Crippen molar-refractivity contribution < 1.29 is 9.47 Å². The summed E-state index contributed by atoms with van der Waals surface area (Å²) in [5.74, 6) is 1.54. The molecule has 0 atom stereocenters. The van der Waals surface area contributed by atoms with Gasteiger partial charge in [0.25, 0.3) is 0 Å². The molecule has 0 saturated carbocycles. The Morgan fingerprint density at radius 1 is 0.966 bits per heavy atom. The van der Waals surface area contributed by atoms with Gasteiger partial charge in [-0.1, -0.05) is 24.3 Å². The SMILES string of the molecule is COc1ccc(C=NNc2ccccc2)cc1COc1ccc2cccnc2c1. The highest BCUT2D eigenvalue weighted by Crippen LogP contribution is 2.24. The summed E-state index contributed by atoms with van der Waals surface area (Å²) in [5.41, 5.74) is 6.75. The molecule has 4 rings (SSSR count). The molecule has 0 aliphatic heterocycles. The molecule has 29 heavy (non-hydrogen) atoms. The Labute approximate surface area is 169 Å². The van der Waals surface area contributed by atoms with Crippen molar-refractivity contribution in [3.8, 4) is 11.5 Å². The first-order valence-electron chi connectivity index (χ1n) is 9.30. The average molecular weight is 383 g/mol. The van der Waals surface area contributed by atoms with Crippen LogP contribution in [0.5, 0.6) is 11.5 Å². The Bertz CT molecular complexity index is 1130. The Balaban J connectivity index is 1.47. The second-order valence-electron chi connectivity index (χ2n) is 6.45. The van der Waals surface area contributed by atoms with Crippen LogP contribution in [-0.4, -0.2) is 18.3 Å². The summed E-state index contributed by atoms with van der Waals surface area (Å²) >= 11 is 0. The first-order chi connectivity index (χ1) is 14.3. The monoisotopic (exact) mass is 383 g/mol. The van der Waals surface area contributed by atoms with Gasteiger partial charge >= 0.3 is 0 Å². The fourth-order valence-electron chi connectivity index (χ4n) is 2.98. The number of methoxy groups -OCH3 is 1. The number of anilines is 1. The summed E-state index contributed by atoms with van der Waals surface area (Å²) in [6.07, 6.45) is 3.55. The van der Waals surface area contributed by atoms with Crippen molar-refractivity contribution in [1.82, 2.24) is 4.98 Å². The van der Waals surface area contributed by atoms with Crippen LogP contribution in [0.4, 0.5) is 5.69 Å². The fraction of sp³-hybridized carbons (Fsp3) is 0.0833. The molecule has 0 radical (unpaired) electrons. The molecule has 0 spiro atoms. The molecule has 0 amide bonds. The number of fused-ring (bicyclic) bond motifs is 1. The van der Waals surface area contributed by atoms with Gasteiger partial charge in [-0.05, 0) is 54.1 Å². The van der Waals surface area contributed by atoms with Crippen molar-refractivity contribution in [1.29, 1.82) is 0 Å². The van der Waals surface area contributed by atoms with Gasteiger partial charge in [0.1, 0.15) is 18.1 Å². The van der Waals surface area contributed by atoms with Crippen molar-refractivity contribution in [2.45, 2.75) is 6.61 Å². The lowest BCUT2D eigenvalue weighted by Crippen LogP contribution is -2.00. The number of hydrazone groups is 1. The zero-order valence-corrected chi connectivity index (χ0v) is 16.1. The molecule has 5 heteroatoms. The lowest BCUT2D eigenvalue weighted by molar-refractivity contribution is 0.297. The van der Waals surface area contributed by atoms with Gasteiger partial charge in [0, 0.05) is 23.2 Å². The molecule has 1 N–H and O–H groups in total. The van der Waals surface area contributed by atoms with E-state index in [-0.39, 0.29) is 0 Å². The van der Waals surface area contributed by atoms with Crippen LogP contribution < -0.4 is 14.9 Å². The number of rotatable bonds is 7. The second-order valence-corrected chi connectivity index (χ2v) is 6.45. The molecule has 0 saturated heterocycles. The fourth-order valence-corrected chi connectivity index (χ4v) is 2.98. The van der Waals surface area contributed by atoms with Crippen LogP contribution in [0.2, 0.25) is 0 Å². The number of ether oxygens (including phenoxy) is 2. The van der Waals surface area contributed by atoms with Gasteiger partial charge in [0.05, 0.1) is 24.5 Å². The molecule has 0 unspecified atom stereocenters. The molecule has 1 heterocycles. The van der Waals surface area contributed by atoms with Gasteiger partial charge in [-0.25, -0.2) is 0 Å². The highest BCUT2D eigenvalue weighted by molar-refractivity contribution is 5.81. The largest absolute Gasteiger partial charge is 0.496 e.